The van der Waals surface area contributed by atoms with E-state index in [1.165, 1.54) is 10.3 Å². The molecule has 4 heteroatoms. The summed E-state index contributed by atoms with van der Waals surface area (Å²) in [5, 5.41) is 1.04. The van der Waals surface area contributed by atoms with Crippen molar-refractivity contribution in [2.24, 2.45) is 10.9 Å². The fourth-order valence-corrected chi connectivity index (χ4v) is 4.13. The molecular formula is C26H26N2OS. The minimum atomic E-state index is 0.654. The molecule has 0 fully saturated rings. The number of hydrogen-bond acceptors (Lipinski definition) is 4. The summed E-state index contributed by atoms with van der Waals surface area (Å²) >= 11 is 1.73. The van der Waals surface area contributed by atoms with Crippen LogP contribution in [0.3, 0.4) is 0 Å². The topological polar surface area (TPSA) is 34.5 Å². The van der Waals surface area contributed by atoms with Crippen LogP contribution in [-0.2, 0) is 0 Å². The van der Waals surface area contributed by atoms with Crippen molar-refractivity contribution in [3.8, 4) is 16.3 Å². The van der Waals surface area contributed by atoms with Gasteiger partial charge in [0.2, 0.25) is 0 Å². The molecule has 1 aromatic heterocycles. The van der Waals surface area contributed by atoms with Crippen LogP contribution in [-0.4, -0.2) is 17.8 Å². The highest BCUT2D eigenvalue weighted by atomic mass is 32.1. The van der Waals surface area contributed by atoms with Crippen molar-refractivity contribution in [1.29, 1.82) is 0 Å². The molecule has 0 saturated carbocycles. The highest BCUT2D eigenvalue weighted by Gasteiger charge is 2.06. The first-order valence-electron chi connectivity index (χ1n) is 10.3. The zero-order chi connectivity index (χ0) is 20.9. The Morgan fingerprint density at radius 2 is 1.77 bits per heavy atom. The van der Waals surface area contributed by atoms with Gasteiger partial charge >= 0.3 is 0 Å². The van der Waals surface area contributed by atoms with E-state index in [0.29, 0.717) is 5.92 Å². The van der Waals surface area contributed by atoms with Gasteiger partial charge in [-0.1, -0.05) is 19.9 Å². The van der Waals surface area contributed by atoms with Crippen LogP contribution in [0.2, 0.25) is 0 Å². The Balaban J connectivity index is 1.40. The van der Waals surface area contributed by atoms with Crippen LogP contribution in [0.5, 0.6) is 5.75 Å². The maximum atomic E-state index is 5.77. The fraction of sp³-hybridized carbons (Fsp3) is 0.231. The molecule has 1 heterocycles. The van der Waals surface area contributed by atoms with Gasteiger partial charge in [0.1, 0.15) is 10.8 Å². The van der Waals surface area contributed by atoms with E-state index in [9.17, 15) is 0 Å². The van der Waals surface area contributed by atoms with Gasteiger partial charge in [0.05, 0.1) is 22.5 Å². The first-order chi connectivity index (χ1) is 14.6. The van der Waals surface area contributed by atoms with Crippen LogP contribution in [0.15, 0.2) is 71.7 Å². The predicted molar refractivity (Wildman–Crippen MR) is 128 cm³/mol. The summed E-state index contributed by atoms with van der Waals surface area (Å²) in [5.74, 6) is 1.56. The Hall–Kier alpha value is -2.98. The Morgan fingerprint density at radius 3 is 2.50 bits per heavy atom. The molecule has 0 unspecified atom stereocenters. The fourth-order valence-electron chi connectivity index (χ4n) is 3.06. The van der Waals surface area contributed by atoms with E-state index in [1.807, 2.05) is 42.6 Å². The molecule has 0 N–H and O–H groups in total. The smallest absolute Gasteiger partial charge is 0.124 e. The standard InChI is InChI=1S/C26H26N2OS/c1-18(2)14-15-29-23-11-5-20(6-12-23)17-27-22-9-7-21(8-10-22)26-28-24-13-4-19(3)16-25(24)30-26/h4-13,16-18H,14-15H2,1-3H3. The second-order valence-corrected chi connectivity index (χ2v) is 8.93. The quantitative estimate of drug-likeness (QED) is 0.294. The van der Waals surface area contributed by atoms with Crippen molar-refractivity contribution in [2.45, 2.75) is 27.2 Å². The summed E-state index contributed by atoms with van der Waals surface area (Å²) < 4.78 is 6.99. The summed E-state index contributed by atoms with van der Waals surface area (Å²) in [6, 6.07) is 22.7. The van der Waals surface area contributed by atoms with E-state index in [0.717, 1.165) is 46.1 Å². The third-order valence-corrected chi connectivity index (χ3v) is 5.93. The number of nitrogens with zero attached hydrogens (tertiary/aromatic N) is 2. The Labute approximate surface area is 182 Å². The number of thiazole rings is 1. The second kappa shape index (κ2) is 9.23. The molecule has 4 aromatic rings. The first kappa shape index (κ1) is 20.3. The SMILES string of the molecule is Cc1ccc2nc(-c3ccc(N=Cc4ccc(OCCC(C)C)cc4)cc3)sc2c1. The lowest BCUT2D eigenvalue weighted by Gasteiger charge is -2.07. The van der Waals surface area contributed by atoms with Crippen molar-refractivity contribution < 1.29 is 4.74 Å². The van der Waals surface area contributed by atoms with Crippen LogP contribution in [0, 0.1) is 12.8 Å². The third-order valence-electron chi connectivity index (χ3n) is 4.86. The highest BCUT2D eigenvalue weighted by Crippen LogP contribution is 2.31. The first-order valence-corrected chi connectivity index (χ1v) is 11.1. The molecule has 0 aliphatic carbocycles. The molecule has 0 saturated heterocycles. The minimum absolute atomic E-state index is 0.654. The Morgan fingerprint density at radius 1 is 1.00 bits per heavy atom. The van der Waals surface area contributed by atoms with E-state index >= 15 is 0 Å². The van der Waals surface area contributed by atoms with Crippen molar-refractivity contribution in [1.82, 2.24) is 4.98 Å². The number of aromatic nitrogens is 1. The van der Waals surface area contributed by atoms with Crippen molar-refractivity contribution in [2.75, 3.05) is 6.61 Å². The number of benzene rings is 3. The average Bonchev–Trinajstić information content (AvgIpc) is 3.16. The van der Waals surface area contributed by atoms with E-state index in [1.54, 1.807) is 11.3 Å². The van der Waals surface area contributed by atoms with E-state index in [-0.39, 0.29) is 0 Å². The molecule has 30 heavy (non-hydrogen) atoms. The van der Waals surface area contributed by atoms with Crippen LogP contribution < -0.4 is 4.74 Å². The molecular weight excluding hydrogens is 388 g/mol. The van der Waals surface area contributed by atoms with E-state index in [2.05, 4.69) is 56.1 Å². The van der Waals surface area contributed by atoms with Gasteiger partial charge in [-0.3, -0.25) is 4.99 Å². The maximum Gasteiger partial charge on any atom is 0.124 e. The Bertz CT molecular complexity index is 1140. The highest BCUT2D eigenvalue weighted by molar-refractivity contribution is 7.21. The van der Waals surface area contributed by atoms with Crippen molar-refractivity contribution >= 4 is 33.5 Å². The molecule has 3 nitrogen and oxygen atoms in total. The van der Waals surface area contributed by atoms with Crippen LogP contribution >= 0.6 is 11.3 Å². The summed E-state index contributed by atoms with van der Waals surface area (Å²) in [7, 11) is 0. The largest absolute Gasteiger partial charge is 0.494 e. The normalized spacial score (nSPS) is 11.6. The van der Waals surface area contributed by atoms with Gasteiger partial charge in [-0.15, -0.1) is 11.3 Å². The number of rotatable bonds is 7. The van der Waals surface area contributed by atoms with Crippen LogP contribution in [0.4, 0.5) is 5.69 Å². The molecule has 0 amide bonds. The summed E-state index contributed by atoms with van der Waals surface area (Å²) in [6.45, 7) is 7.27. The molecule has 0 aliphatic heterocycles. The van der Waals surface area contributed by atoms with Gasteiger partial charge in [-0.25, -0.2) is 4.98 Å². The number of hydrogen-bond donors (Lipinski definition) is 0. The number of aryl methyl sites for hydroxylation is 1. The van der Waals surface area contributed by atoms with E-state index < -0.39 is 0 Å². The molecule has 0 radical (unpaired) electrons. The molecule has 3 aromatic carbocycles. The van der Waals surface area contributed by atoms with Gasteiger partial charge in [0.25, 0.3) is 0 Å². The Kier molecular flexibility index (Phi) is 6.24. The molecule has 152 valence electrons. The predicted octanol–water partition coefficient (Wildman–Crippen LogP) is 7.45. The van der Waals surface area contributed by atoms with Crippen molar-refractivity contribution in [3.63, 3.8) is 0 Å². The lowest BCUT2D eigenvalue weighted by molar-refractivity contribution is 0.289. The summed E-state index contributed by atoms with van der Waals surface area (Å²) in [4.78, 5) is 9.35. The molecule has 0 spiro atoms. The summed E-state index contributed by atoms with van der Waals surface area (Å²) in [5.41, 5.74) is 5.41. The second-order valence-electron chi connectivity index (χ2n) is 7.90. The number of ether oxygens (including phenoxy) is 1. The molecule has 4 rings (SSSR count). The zero-order valence-corrected chi connectivity index (χ0v) is 18.4. The molecule has 0 atom stereocenters. The van der Waals surface area contributed by atoms with Gasteiger partial charge in [0, 0.05) is 11.8 Å². The zero-order valence-electron chi connectivity index (χ0n) is 17.6. The molecule has 0 bridgehead atoms. The lowest BCUT2D eigenvalue weighted by atomic mass is 10.1. The van der Waals surface area contributed by atoms with Gasteiger partial charge in [0.15, 0.2) is 0 Å². The monoisotopic (exact) mass is 414 g/mol. The summed E-state index contributed by atoms with van der Waals surface area (Å²) in [6.07, 6.45) is 2.95. The number of fused-ring (bicyclic) bond motifs is 1. The van der Waals surface area contributed by atoms with E-state index in [4.69, 9.17) is 9.72 Å². The van der Waals surface area contributed by atoms with Gasteiger partial charge < -0.3 is 4.74 Å². The van der Waals surface area contributed by atoms with Gasteiger partial charge in [-0.05, 0) is 91.1 Å². The van der Waals surface area contributed by atoms with Crippen molar-refractivity contribution in [3.05, 3.63) is 77.9 Å². The lowest BCUT2D eigenvalue weighted by Crippen LogP contribution is -2.01. The maximum absolute atomic E-state index is 5.77. The third kappa shape index (κ3) is 5.14. The van der Waals surface area contributed by atoms with Gasteiger partial charge in [-0.2, -0.15) is 0 Å². The number of aliphatic imine (C=N–C) groups is 1. The minimum Gasteiger partial charge on any atom is -0.494 e. The van der Waals surface area contributed by atoms with Crippen LogP contribution in [0.25, 0.3) is 20.8 Å². The molecule has 0 aliphatic rings. The van der Waals surface area contributed by atoms with Crippen LogP contribution in [0.1, 0.15) is 31.4 Å². The average molecular weight is 415 g/mol.